The van der Waals surface area contributed by atoms with E-state index < -0.39 is 0 Å². The Hall–Kier alpha value is -0.870. The molecule has 0 atom stereocenters. The van der Waals surface area contributed by atoms with E-state index in [1.165, 1.54) is 5.56 Å². The molecule has 0 spiro atoms. The first-order valence-corrected chi connectivity index (χ1v) is 7.56. The Morgan fingerprint density at radius 1 is 1.21 bits per heavy atom. The molecule has 0 N–H and O–H groups in total. The summed E-state index contributed by atoms with van der Waals surface area (Å²) in [5.74, 6) is 0.0671. The van der Waals surface area contributed by atoms with Gasteiger partial charge in [0.1, 0.15) is 0 Å². The van der Waals surface area contributed by atoms with E-state index in [0.717, 1.165) is 22.0 Å². The molecule has 0 fully saturated rings. The number of carbonyl (C=O) groups is 1. The molecular weight excluding hydrogens is 306 g/mol. The van der Waals surface area contributed by atoms with Gasteiger partial charge in [-0.15, -0.1) is 0 Å². The number of carbonyl (C=O) groups excluding carboxylic acids is 1. The second-order valence-corrected chi connectivity index (χ2v) is 5.59. The zero-order valence-corrected chi connectivity index (χ0v) is 13.7. The molecule has 1 rings (SSSR count). The van der Waals surface area contributed by atoms with Crippen LogP contribution >= 0.6 is 15.9 Å². The molecule has 0 aliphatic heterocycles. The normalized spacial score (nSPS) is 10.6. The van der Waals surface area contributed by atoms with E-state index in [4.69, 9.17) is 4.74 Å². The van der Waals surface area contributed by atoms with Crippen molar-refractivity contribution in [3.8, 4) is 0 Å². The van der Waals surface area contributed by atoms with Crippen LogP contribution in [0.3, 0.4) is 0 Å². The van der Waals surface area contributed by atoms with E-state index in [-0.39, 0.29) is 5.91 Å². The Bertz CT molecular complexity index is 423. The van der Waals surface area contributed by atoms with Gasteiger partial charge in [0.2, 0.25) is 0 Å². The third kappa shape index (κ3) is 4.62. The van der Waals surface area contributed by atoms with Gasteiger partial charge >= 0.3 is 0 Å². The maximum atomic E-state index is 12.4. The van der Waals surface area contributed by atoms with Crippen LogP contribution < -0.4 is 0 Å². The molecule has 1 amide bonds. The maximum Gasteiger partial charge on any atom is 0.254 e. The van der Waals surface area contributed by atoms with Gasteiger partial charge in [0.05, 0.1) is 13.2 Å². The number of rotatable bonds is 6. The fourth-order valence-corrected chi connectivity index (χ4v) is 2.40. The zero-order valence-electron chi connectivity index (χ0n) is 12.1. The average molecular weight is 328 g/mol. The van der Waals surface area contributed by atoms with Gasteiger partial charge in [0, 0.05) is 24.5 Å². The topological polar surface area (TPSA) is 29.5 Å². The Balaban J connectivity index is 2.72. The number of amides is 1. The van der Waals surface area contributed by atoms with Gasteiger partial charge in [0.25, 0.3) is 5.91 Å². The maximum absolute atomic E-state index is 12.4. The van der Waals surface area contributed by atoms with Gasteiger partial charge < -0.3 is 9.64 Å². The van der Waals surface area contributed by atoms with Crippen LogP contribution in [0, 0.1) is 20.8 Å². The van der Waals surface area contributed by atoms with E-state index in [0.29, 0.717) is 19.8 Å². The standard InChI is InChI=1S/C15H22BrNO2/c1-11-9-12(2)14(13(3)10-11)15(18)17(4)6-8-19-7-5-16/h9-10H,5-8H2,1-4H3. The van der Waals surface area contributed by atoms with Gasteiger partial charge in [-0.05, 0) is 31.9 Å². The lowest BCUT2D eigenvalue weighted by atomic mass is 9.99. The lowest BCUT2D eigenvalue weighted by Gasteiger charge is -2.20. The SMILES string of the molecule is Cc1cc(C)c(C(=O)N(C)CCOCCBr)c(C)c1. The second-order valence-electron chi connectivity index (χ2n) is 4.80. The fraction of sp³-hybridized carbons (Fsp3) is 0.533. The summed E-state index contributed by atoms with van der Waals surface area (Å²) in [6.07, 6.45) is 0. The van der Waals surface area contributed by atoms with Gasteiger partial charge in [-0.25, -0.2) is 0 Å². The van der Waals surface area contributed by atoms with E-state index in [9.17, 15) is 4.79 Å². The van der Waals surface area contributed by atoms with Crippen LogP contribution in [0.5, 0.6) is 0 Å². The first kappa shape index (κ1) is 16.2. The molecule has 106 valence electrons. The van der Waals surface area contributed by atoms with E-state index in [2.05, 4.69) is 28.1 Å². The predicted octanol–water partition coefficient (Wildman–Crippen LogP) is 3.10. The number of halogens is 1. The van der Waals surface area contributed by atoms with E-state index in [1.807, 2.05) is 27.8 Å². The minimum absolute atomic E-state index is 0.0671. The summed E-state index contributed by atoms with van der Waals surface area (Å²) < 4.78 is 5.38. The number of alkyl halides is 1. The highest BCUT2D eigenvalue weighted by Gasteiger charge is 2.16. The highest BCUT2D eigenvalue weighted by molar-refractivity contribution is 9.09. The molecule has 0 heterocycles. The summed E-state index contributed by atoms with van der Waals surface area (Å²) >= 11 is 3.30. The highest BCUT2D eigenvalue weighted by atomic mass is 79.9. The monoisotopic (exact) mass is 327 g/mol. The molecule has 4 heteroatoms. The van der Waals surface area contributed by atoms with Crippen LogP contribution in [-0.4, -0.2) is 42.9 Å². The number of ether oxygens (including phenoxy) is 1. The van der Waals surface area contributed by atoms with Crippen LogP contribution in [-0.2, 0) is 4.74 Å². The Morgan fingerprint density at radius 3 is 2.32 bits per heavy atom. The fourth-order valence-electron chi connectivity index (χ4n) is 2.17. The molecule has 19 heavy (non-hydrogen) atoms. The molecule has 1 aromatic rings. The molecule has 0 saturated carbocycles. The van der Waals surface area contributed by atoms with E-state index >= 15 is 0 Å². The van der Waals surface area contributed by atoms with Crippen molar-refractivity contribution in [3.63, 3.8) is 0 Å². The molecule has 1 aromatic carbocycles. The minimum Gasteiger partial charge on any atom is -0.379 e. The molecule has 0 bridgehead atoms. The largest absolute Gasteiger partial charge is 0.379 e. The highest BCUT2D eigenvalue weighted by Crippen LogP contribution is 2.17. The number of likely N-dealkylation sites (N-methyl/N-ethyl adjacent to an activating group) is 1. The summed E-state index contributed by atoms with van der Waals surface area (Å²) in [6.45, 7) is 7.87. The Morgan fingerprint density at radius 2 is 1.79 bits per heavy atom. The quantitative estimate of drug-likeness (QED) is 0.593. The number of aryl methyl sites for hydroxylation is 3. The molecule has 0 radical (unpaired) electrons. The molecule has 0 aliphatic carbocycles. The molecule has 0 aliphatic rings. The summed E-state index contributed by atoms with van der Waals surface area (Å²) in [4.78, 5) is 14.1. The third-order valence-corrected chi connectivity index (χ3v) is 3.35. The van der Waals surface area contributed by atoms with Gasteiger partial charge in [0.15, 0.2) is 0 Å². The molecule has 0 saturated heterocycles. The van der Waals surface area contributed by atoms with Gasteiger partial charge in [-0.2, -0.15) is 0 Å². The van der Waals surface area contributed by atoms with Crippen molar-refractivity contribution in [2.24, 2.45) is 0 Å². The number of hydrogen-bond donors (Lipinski definition) is 0. The van der Waals surface area contributed by atoms with Crippen LogP contribution in [0.4, 0.5) is 0 Å². The average Bonchev–Trinajstić information content (AvgIpc) is 2.33. The number of hydrogen-bond acceptors (Lipinski definition) is 2. The van der Waals surface area contributed by atoms with Crippen LogP contribution in [0.25, 0.3) is 0 Å². The van der Waals surface area contributed by atoms with Crippen molar-refractivity contribution in [1.82, 2.24) is 4.90 Å². The first-order valence-electron chi connectivity index (χ1n) is 6.44. The van der Waals surface area contributed by atoms with Crippen molar-refractivity contribution in [2.45, 2.75) is 20.8 Å². The third-order valence-electron chi connectivity index (χ3n) is 3.03. The second kappa shape index (κ2) is 7.65. The summed E-state index contributed by atoms with van der Waals surface area (Å²) in [7, 11) is 1.82. The van der Waals surface area contributed by atoms with Crippen LogP contribution in [0.2, 0.25) is 0 Å². The molecular formula is C15H22BrNO2. The summed E-state index contributed by atoms with van der Waals surface area (Å²) in [5.41, 5.74) is 4.08. The van der Waals surface area contributed by atoms with Crippen LogP contribution in [0.1, 0.15) is 27.0 Å². The van der Waals surface area contributed by atoms with Crippen molar-refractivity contribution >= 4 is 21.8 Å². The number of benzene rings is 1. The molecule has 0 unspecified atom stereocenters. The zero-order chi connectivity index (χ0) is 14.4. The predicted molar refractivity (Wildman–Crippen MR) is 82.2 cm³/mol. The summed E-state index contributed by atoms with van der Waals surface area (Å²) in [6, 6.07) is 4.10. The van der Waals surface area contributed by atoms with Crippen molar-refractivity contribution in [3.05, 3.63) is 34.4 Å². The van der Waals surface area contributed by atoms with Crippen LogP contribution in [0.15, 0.2) is 12.1 Å². The minimum atomic E-state index is 0.0671. The number of nitrogens with zero attached hydrogens (tertiary/aromatic N) is 1. The molecule has 0 aromatic heterocycles. The molecule has 3 nitrogen and oxygen atoms in total. The lowest BCUT2D eigenvalue weighted by Crippen LogP contribution is -2.31. The summed E-state index contributed by atoms with van der Waals surface area (Å²) in [5, 5.41) is 0.820. The van der Waals surface area contributed by atoms with Crippen molar-refractivity contribution < 1.29 is 9.53 Å². The smallest absolute Gasteiger partial charge is 0.254 e. The van der Waals surface area contributed by atoms with Gasteiger partial charge in [-0.1, -0.05) is 33.6 Å². The Kier molecular flexibility index (Phi) is 6.52. The van der Waals surface area contributed by atoms with Crippen molar-refractivity contribution in [1.29, 1.82) is 0 Å². The lowest BCUT2D eigenvalue weighted by molar-refractivity contribution is 0.0711. The van der Waals surface area contributed by atoms with E-state index in [1.54, 1.807) is 4.90 Å². The van der Waals surface area contributed by atoms with Gasteiger partial charge in [-0.3, -0.25) is 4.79 Å². The first-order chi connectivity index (χ1) is 8.97. The van der Waals surface area contributed by atoms with Crippen molar-refractivity contribution in [2.75, 3.05) is 32.1 Å². The Labute approximate surface area is 124 Å².